The number of hydrogen-bond donors (Lipinski definition) is 1. The van der Waals surface area contributed by atoms with Gasteiger partial charge in [0.2, 0.25) is 5.91 Å². The van der Waals surface area contributed by atoms with Crippen molar-refractivity contribution in [2.45, 2.75) is 56.4 Å². The summed E-state index contributed by atoms with van der Waals surface area (Å²) in [6.45, 7) is 6.73. The Morgan fingerprint density at radius 1 is 1.20 bits per heavy atom. The highest BCUT2D eigenvalue weighted by atomic mass is 32.2. The predicted octanol–water partition coefficient (Wildman–Crippen LogP) is 5.02. The Balaban J connectivity index is 1.31. The van der Waals surface area contributed by atoms with Gasteiger partial charge in [0.05, 0.1) is 13.0 Å². The normalized spacial score (nSPS) is 15.1. The van der Waals surface area contributed by atoms with E-state index in [0.29, 0.717) is 29.7 Å². The summed E-state index contributed by atoms with van der Waals surface area (Å²) in [5.41, 5.74) is 3.83. The predicted molar refractivity (Wildman–Crippen MR) is 119 cm³/mol. The van der Waals surface area contributed by atoms with E-state index in [2.05, 4.69) is 49.4 Å². The van der Waals surface area contributed by atoms with Crippen LogP contribution in [0.15, 0.2) is 57.9 Å². The fourth-order valence-corrected chi connectivity index (χ4v) is 4.32. The van der Waals surface area contributed by atoms with Crippen molar-refractivity contribution in [3.05, 3.63) is 65.4 Å². The van der Waals surface area contributed by atoms with Crippen molar-refractivity contribution in [1.82, 2.24) is 10.5 Å². The molecule has 0 fully saturated rings. The largest absolute Gasteiger partial charge is 0.490 e. The van der Waals surface area contributed by atoms with Crippen molar-refractivity contribution in [3.8, 4) is 17.1 Å². The summed E-state index contributed by atoms with van der Waals surface area (Å²) < 4.78 is 11.3. The van der Waals surface area contributed by atoms with E-state index < -0.39 is 0 Å². The minimum atomic E-state index is -0.0382. The highest BCUT2D eigenvalue weighted by molar-refractivity contribution is 7.99. The van der Waals surface area contributed by atoms with Crippen LogP contribution in [0.2, 0.25) is 0 Å². The molecule has 1 aliphatic heterocycles. The van der Waals surface area contributed by atoms with Crippen LogP contribution in [-0.4, -0.2) is 22.4 Å². The highest BCUT2D eigenvalue weighted by Crippen LogP contribution is 2.33. The SMILES string of the molecule is CC1Cc2ccc(-c3cc(CNC(=O)Cc4ccc(SC(C)C)cc4)no3)cc2O1. The van der Waals surface area contributed by atoms with E-state index in [4.69, 9.17) is 9.26 Å². The molecule has 1 aliphatic rings. The number of hydrogen-bond acceptors (Lipinski definition) is 5. The second-order valence-electron chi connectivity index (χ2n) is 7.90. The maximum atomic E-state index is 12.3. The van der Waals surface area contributed by atoms with Gasteiger partial charge >= 0.3 is 0 Å². The molecule has 1 atom stereocenters. The zero-order chi connectivity index (χ0) is 21.1. The molecule has 6 heteroatoms. The Hall–Kier alpha value is -2.73. The van der Waals surface area contributed by atoms with Gasteiger partial charge in [-0.3, -0.25) is 4.79 Å². The molecule has 1 amide bonds. The first-order valence-corrected chi connectivity index (χ1v) is 11.1. The first-order chi connectivity index (χ1) is 14.5. The van der Waals surface area contributed by atoms with Crippen molar-refractivity contribution in [1.29, 1.82) is 0 Å². The van der Waals surface area contributed by atoms with Gasteiger partial charge in [0.25, 0.3) is 0 Å². The monoisotopic (exact) mass is 422 g/mol. The van der Waals surface area contributed by atoms with E-state index in [9.17, 15) is 4.79 Å². The Morgan fingerprint density at radius 2 is 2.00 bits per heavy atom. The van der Waals surface area contributed by atoms with E-state index in [-0.39, 0.29) is 12.0 Å². The van der Waals surface area contributed by atoms with Crippen LogP contribution >= 0.6 is 11.8 Å². The molecule has 2 aromatic carbocycles. The number of nitrogens with one attached hydrogen (secondary N) is 1. The van der Waals surface area contributed by atoms with Crippen molar-refractivity contribution >= 4 is 17.7 Å². The maximum absolute atomic E-state index is 12.3. The molecule has 30 heavy (non-hydrogen) atoms. The minimum absolute atomic E-state index is 0.0382. The number of nitrogens with zero attached hydrogens (tertiary/aromatic N) is 1. The molecule has 156 valence electrons. The lowest BCUT2D eigenvalue weighted by Crippen LogP contribution is -2.24. The smallest absolute Gasteiger partial charge is 0.224 e. The van der Waals surface area contributed by atoms with E-state index in [0.717, 1.165) is 23.3 Å². The molecule has 0 radical (unpaired) electrons. The van der Waals surface area contributed by atoms with Crippen LogP contribution in [0.1, 0.15) is 37.6 Å². The van der Waals surface area contributed by atoms with Crippen LogP contribution < -0.4 is 10.1 Å². The number of carbonyl (C=O) groups is 1. The van der Waals surface area contributed by atoms with Gasteiger partial charge in [0, 0.05) is 28.2 Å². The fourth-order valence-electron chi connectivity index (χ4n) is 3.48. The van der Waals surface area contributed by atoms with Gasteiger partial charge in [-0.2, -0.15) is 0 Å². The topological polar surface area (TPSA) is 64.4 Å². The number of thioether (sulfide) groups is 1. The lowest BCUT2D eigenvalue weighted by Gasteiger charge is -2.06. The Kier molecular flexibility index (Phi) is 6.13. The molecule has 0 spiro atoms. The molecule has 1 aromatic heterocycles. The molecular formula is C24H26N2O3S. The third kappa shape index (κ3) is 5.05. The minimum Gasteiger partial charge on any atom is -0.490 e. The molecule has 0 bridgehead atoms. The van der Waals surface area contributed by atoms with Gasteiger partial charge in [-0.15, -0.1) is 11.8 Å². The van der Waals surface area contributed by atoms with Gasteiger partial charge in [0.15, 0.2) is 5.76 Å². The second kappa shape index (κ2) is 8.96. The van der Waals surface area contributed by atoms with Crippen LogP contribution in [0.3, 0.4) is 0 Å². The quantitative estimate of drug-likeness (QED) is 0.542. The van der Waals surface area contributed by atoms with E-state index in [1.807, 2.05) is 42.1 Å². The van der Waals surface area contributed by atoms with E-state index in [1.54, 1.807) is 0 Å². The zero-order valence-corrected chi connectivity index (χ0v) is 18.3. The Bertz CT molecular complexity index is 1030. The van der Waals surface area contributed by atoms with Crippen LogP contribution in [0, 0.1) is 0 Å². The number of fused-ring (bicyclic) bond motifs is 1. The zero-order valence-electron chi connectivity index (χ0n) is 17.5. The van der Waals surface area contributed by atoms with Crippen LogP contribution in [0.5, 0.6) is 5.75 Å². The summed E-state index contributed by atoms with van der Waals surface area (Å²) >= 11 is 1.81. The van der Waals surface area contributed by atoms with Gasteiger partial charge in [-0.1, -0.05) is 43.3 Å². The summed E-state index contributed by atoms with van der Waals surface area (Å²) in [6.07, 6.45) is 1.49. The number of amides is 1. The number of ether oxygens (including phenoxy) is 1. The molecule has 2 heterocycles. The van der Waals surface area contributed by atoms with Crippen LogP contribution in [-0.2, 0) is 24.2 Å². The van der Waals surface area contributed by atoms with Crippen molar-refractivity contribution < 1.29 is 14.1 Å². The highest BCUT2D eigenvalue weighted by Gasteiger charge is 2.20. The number of rotatable bonds is 7. The van der Waals surface area contributed by atoms with Gasteiger partial charge in [-0.25, -0.2) is 0 Å². The molecule has 5 nitrogen and oxygen atoms in total. The summed E-state index contributed by atoms with van der Waals surface area (Å²) in [5, 5.41) is 7.54. The van der Waals surface area contributed by atoms with Crippen molar-refractivity contribution in [2.24, 2.45) is 0 Å². The Labute approximate surface area is 181 Å². The third-order valence-electron chi connectivity index (χ3n) is 4.87. The van der Waals surface area contributed by atoms with E-state index in [1.165, 1.54) is 10.5 Å². The number of aromatic nitrogens is 1. The molecule has 0 saturated carbocycles. The van der Waals surface area contributed by atoms with Crippen LogP contribution in [0.25, 0.3) is 11.3 Å². The number of carbonyl (C=O) groups excluding carboxylic acids is 1. The first-order valence-electron chi connectivity index (χ1n) is 10.2. The van der Waals surface area contributed by atoms with Gasteiger partial charge < -0.3 is 14.6 Å². The summed E-state index contributed by atoms with van der Waals surface area (Å²) in [5.74, 6) is 1.54. The molecule has 1 unspecified atom stereocenters. The molecule has 0 saturated heterocycles. The maximum Gasteiger partial charge on any atom is 0.224 e. The van der Waals surface area contributed by atoms with Gasteiger partial charge in [-0.05, 0) is 36.2 Å². The second-order valence-corrected chi connectivity index (χ2v) is 9.55. The summed E-state index contributed by atoms with van der Waals surface area (Å²) in [4.78, 5) is 13.5. The van der Waals surface area contributed by atoms with E-state index >= 15 is 0 Å². The fraction of sp³-hybridized carbons (Fsp3) is 0.333. The van der Waals surface area contributed by atoms with Crippen LogP contribution in [0.4, 0.5) is 0 Å². The standard InChI is InChI=1S/C24H26N2O3S/c1-15(2)30-21-8-4-17(5-9-21)11-24(27)25-14-20-13-23(29-26-20)19-7-6-18-10-16(3)28-22(18)12-19/h4-9,12-13,15-16H,10-11,14H2,1-3H3,(H,25,27). The molecule has 4 rings (SSSR count). The molecule has 1 N–H and O–H groups in total. The first kappa shape index (κ1) is 20.5. The molecule has 0 aliphatic carbocycles. The average Bonchev–Trinajstić information content (AvgIpc) is 3.32. The third-order valence-corrected chi connectivity index (χ3v) is 5.89. The molecule has 3 aromatic rings. The summed E-state index contributed by atoms with van der Waals surface area (Å²) in [7, 11) is 0. The summed E-state index contributed by atoms with van der Waals surface area (Å²) in [6, 6.07) is 16.1. The number of benzene rings is 2. The van der Waals surface area contributed by atoms with Crippen molar-refractivity contribution in [2.75, 3.05) is 0 Å². The molecular weight excluding hydrogens is 396 g/mol. The lowest BCUT2D eigenvalue weighted by atomic mass is 10.1. The lowest BCUT2D eigenvalue weighted by molar-refractivity contribution is -0.120. The van der Waals surface area contributed by atoms with Crippen molar-refractivity contribution in [3.63, 3.8) is 0 Å². The average molecular weight is 423 g/mol. The van der Waals surface area contributed by atoms with Gasteiger partial charge in [0.1, 0.15) is 17.5 Å². The Morgan fingerprint density at radius 3 is 2.77 bits per heavy atom.